The van der Waals surface area contributed by atoms with Crippen molar-refractivity contribution >= 4 is 11.7 Å². The second-order valence-corrected chi connectivity index (χ2v) is 5.81. The zero-order chi connectivity index (χ0) is 15.4. The number of pyridine rings is 1. The molecule has 1 amide bonds. The third-order valence-corrected chi connectivity index (χ3v) is 3.64. The van der Waals surface area contributed by atoms with Gasteiger partial charge in [0, 0.05) is 18.3 Å². The number of likely N-dealkylation sites (N-methyl/N-ethyl adjacent to an activating group) is 1. The van der Waals surface area contributed by atoms with Crippen molar-refractivity contribution in [3.05, 3.63) is 22.9 Å². The first-order valence-corrected chi connectivity index (χ1v) is 6.92. The van der Waals surface area contributed by atoms with Crippen LogP contribution in [0.5, 0.6) is 0 Å². The highest BCUT2D eigenvalue weighted by Crippen LogP contribution is 2.17. The van der Waals surface area contributed by atoms with Gasteiger partial charge in [-0.25, -0.2) is 4.98 Å². The molecule has 1 unspecified atom stereocenters. The maximum atomic E-state index is 11.5. The number of carbonyl (C=O) groups is 1. The van der Waals surface area contributed by atoms with Crippen LogP contribution in [0.2, 0.25) is 0 Å². The average molecular weight is 278 g/mol. The molecular formula is C15H26N4O. The van der Waals surface area contributed by atoms with Crippen molar-refractivity contribution in [2.24, 2.45) is 11.7 Å². The predicted molar refractivity (Wildman–Crippen MR) is 83.0 cm³/mol. The number of hydrogen-bond acceptors (Lipinski definition) is 4. The van der Waals surface area contributed by atoms with Crippen LogP contribution in [0.1, 0.15) is 35.5 Å². The number of nitrogens with one attached hydrogen (secondary N) is 1. The van der Waals surface area contributed by atoms with E-state index in [9.17, 15) is 4.79 Å². The monoisotopic (exact) mass is 278 g/mol. The van der Waals surface area contributed by atoms with Crippen LogP contribution in [-0.2, 0) is 0 Å². The fourth-order valence-electron chi connectivity index (χ4n) is 2.24. The van der Waals surface area contributed by atoms with Crippen LogP contribution >= 0.6 is 0 Å². The number of nitrogens with two attached hydrogens (primary N) is 1. The van der Waals surface area contributed by atoms with Crippen LogP contribution in [-0.4, -0.2) is 42.5 Å². The first-order chi connectivity index (χ1) is 9.23. The smallest absolute Gasteiger partial charge is 0.252 e. The van der Waals surface area contributed by atoms with E-state index in [1.165, 1.54) is 0 Å². The Morgan fingerprint density at radius 2 is 2.00 bits per heavy atom. The van der Waals surface area contributed by atoms with Gasteiger partial charge in [-0.3, -0.25) is 4.79 Å². The maximum absolute atomic E-state index is 11.5. The Morgan fingerprint density at radius 3 is 2.45 bits per heavy atom. The number of nitrogens with zero attached hydrogens (tertiary/aromatic N) is 2. The fourth-order valence-corrected chi connectivity index (χ4v) is 2.24. The van der Waals surface area contributed by atoms with Gasteiger partial charge in [-0.15, -0.1) is 0 Å². The van der Waals surface area contributed by atoms with Crippen LogP contribution in [0, 0.1) is 19.8 Å². The molecule has 0 spiro atoms. The van der Waals surface area contributed by atoms with Gasteiger partial charge in [-0.05, 0) is 45.5 Å². The molecule has 0 radical (unpaired) electrons. The van der Waals surface area contributed by atoms with E-state index in [1.54, 1.807) is 6.07 Å². The van der Waals surface area contributed by atoms with Crippen LogP contribution in [0.3, 0.4) is 0 Å². The first kappa shape index (κ1) is 16.4. The molecule has 1 aromatic heterocycles. The highest BCUT2D eigenvalue weighted by molar-refractivity contribution is 5.97. The Labute approximate surface area is 121 Å². The van der Waals surface area contributed by atoms with Gasteiger partial charge < -0.3 is 16.0 Å². The Hall–Kier alpha value is -1.62. The lowest BCUT2D eigenvalue weighted by atomic mass is 10.0. The van der Waals surface area contributed by atoms with Gasteiger partial charge in [0.15, 0.2) is 0 Å². The summed E-state index contributed by atoms with van der Waals surface area (Å²) in [6.07, 6.45) is 0. The van der Waals surface area contributed by atoms with E-state index in [-0.39, 0.29) is 0 Å². The van der Waals surface area contributed by atoms with Gasteiger partial charge in [0.2, 0.25) is 0 Å². The molecule has 1 rings (SSSR count). The summed E-state index contributed by atoms with van der Waals surface area (Å²) in [4.78, 5) is 18.2. The summed E-state index contributed by atoms with van der Waals surface area (Å²) in [6.45, 7) is 8.93. The summed E-state index contributed by atoms with van der Waals surface area (Å²) in [5.41, 5.74) is 7.76. The Kier molecular flexibility index (Phi) is 5.51. The quantitative estimate of drug-likeness (QED) is 0.832. The summed E-state index contributed by atoms with van der Waals surface area (Å²) < 4.78 is 0. The van der Waals surface area contributed by atoms with E-state index in [0.717, 1.165) is 17.8 Å². The minimum Gasteiger partial charge on any atom is -0.368 e. The molecule has 5 heteroatoms. The lowest BCUT2D eigenvalue weighted by molar-refractivity contribution is 0.100. The van der Waals surface area contributed by atoms with Crippen molar-refractivity contribution < 1.29 is 4.79 Å². The number of aromatic nitrogens is 1. The summed E-state index contributed by atoms with van der Waals surface area (Å²) in [5, 5.41) is 3.27. The number of hydrogen-bond donors (Lipinski definition) is 2. The van der Waals surface area contributed by atoms with Crippen LogP contribution < -0.4 is 11.1 Å². The molecule has 0 fully saturated rings. The van der Waals surface area contributed by atoms with Crippen molar-refractivity contribution in [1.82, 2.24) is 9.88 Å². The Bertz CT molecular complexity index is 475. The van der Waals surface area contributed by atoms with Gasteiger partial charge in [0.05, 0.1) is 5.56 Å². The molecular weight excluding hydrogens is 252 g/mol. The number of anilines is 1. The van der Waals surface area contributed by atoms with Crippen LogP contribution in [0.25, 0.3) is 0 Å². The number of rotatable bonds is 6. The minimum absolute atomic E-state index is 0.360. The first-order valence-electron chi connectivity index (χ1n) is 6.92. The minimum atomic E-state index is -0.450. The third-order valence-electron chi connectivity index (χ3n) is 3.64. The third kappa shape index (κ3) is 3.93. The zero-order valence-electron chi connectivity index (χ0n) is 13.3. The Morgan fingerprint density at radius 1 is 1.40 bits per heavy atom. The number of amides is 1. The van der Waals surface area contributed by atoms with E-state index in [2.05, 4.69) is 43.1 Å². The molecule has 20 heavy (non-hydrogen) atoms. The standard InChI is InChI=1S/C15H26N4O/c1-9(2)13(19(5)6)8-17-15-12(14(16)20)7-10(3)11(4)18-15/h7,9,13H,8H2,1-6H3,(H2,16,20)(H,17,18). The van der Waals surface area contributed by atoms with Crippen molar-refractivity contribution in [3.63, 3.8) is 0 Å². The fraction of sp³-hybridized carbons (Fsp3) is 0.600. The molecule has 0 bridgehead atoms. The summed E-state index contributed by atoms with van der Waals surface area (Å²) in [7, 11) is 4.10. The molecule has 0 saturated heterocycles. The normalized spacial score (nSPS) is 12.8. The molecule has 0 saturated carbocycles. The van der Waals surface area contributed by atoms with Crippen molar-refractivity contribution in [3.8, 4) is 0 Å². The van der Waals surface area contributed by atoms with Crippen LogP contribution in [0.4, 0.5) is 5.82 Å². The maximum Gasteiger partial charge on any atom is 0.252 e. The topological polar surface area (TPSA) is 71.2 Å². The second kappa shape index (κ2) is 6.70. The second-order valence-electron chi connectivity index (χ2n) is 5.81. The molecule has 0 aliphatic heterocycles. The highest BCUT2D eigenvalue weighted by atomic mass is 16.1. The summed E-state index contributed by atoms with van der Waals surface area (Å²) >= 11 is 0. The van der Waals surface area contributed by atoms with Crippen molar-refractivity contribution in [1.29, 1.82) is 0 Å². The number of primary amides is 1. The molecule has 1 aromatic rings. The van der Waals surface area contributed by atoms with Gasteiger partial charge in [0.25, 0.3) is 5.91 Å². The van der Waals surface area contributed by atoms with Crippen molar-refractivity contribution in [2.45, 2.75) is 33.7 Å². The van der Waals surface area contributed by atoms with E-state index in [0.29, 0.717) is 23.3 Å². The lowest BCUT2D eigenvalue weighted by Crippen LogP contribution is -2.39. The van der Waals surface area contributed by atoms with Crippen molar-refractivity contribution in [2.75, 3.05) is 26.0 Å². The molecule has 3 N–H and O–H groups in total. The zero-order valence-corrected chi connectivity index (χ0v) is 13.3. The molecule has 1 atom stereocenters. The number of carbonyl (C=O) groups excluding carboxylic acids is 1. The van der Waals surface area contributed by atoms with E-state index in [1.807, 2.05) is 13.8 Å². The highest BCUT2D eigenvalue weighted by Gasteiger charge is 2.18. The molecule has 112 valence electrons. The lowest BCUT2D eigenvalue weighted by Gasteiger charge is -2.28. The molecule has 0 aliphatic carbocycles. The van der Waals surface area contributed by atoms with Gasteiger partial charge in [0.1, 0.15) is 5.82 Å². The summed E-state index contributed by atoms with van der Waals surface area (Å²) in [5.74, 6) is 0.628. The van der Waals surface area contributed by atoms with Gasteiger partial charge in [-0.2, -0.15) is 0 Å². The molecule has 5 nitrogen and oxygen atoms in total. The SMILES string of the molecule is Cc1cc(C(N)=O)c(NCC(C(C)C)N(C)C)nc1C. The van der Waals surface area contributed by atoms with Gasteiger partial charge >= 0.3 is 0 Å². The number of aryl methyl sites for hydroxylation is 2. The molecule has 0 aliphatic rings. The van der Waals surface area contributed by atoms with E-state index >= 15 is 0 Å². The summed E-state index contributed by atoms with van der Waals surface area (Å²) in [6, 6.07) is 2.16. The van der Waals surface area contributed by atoms with E-state index < -0.39 is 5.91 Å². The van der Waals surface area contributed by atoms with Crippen LogP contribution in [0.15, 0.2) is 6.07 Å². The van der Waals surface area contributed by atoms with Gasteiger partial charge in [-0.1, -0.05) is 13.8 Å². The Balaban J connectivity index is 2.97. The average Bonchev–Trinajstić information content (AvgIpc) is 2.32. The van der Waals surface area contributed by atoms with E-state index in [4.69, 9.17) is 5.73 Å². The predicted octanol–water partition coefficient (Wildman–Crippen LogP) is 1.80. The largest absolute Gasteiger partial charge is 0.368 e. The molecule has 1 heterocycles. The molecule has 0 aromatic carbocycles.